The van der Waals surface area contributed by atoms with Gasteiger partial charge in [0.05, 0.1) is 12.2 Å². The van der Waals surface area contributed by atoms with Crippen molar-refractivity contribution in [3.8, 4) is 17.6 Å². The molecule has 0 aliphatic heterocycles. The van der Waals surface area contributed by atoms with Crippen LogP contribution in [0.4, 0.5) is 0 Å². The highest BCUT2D eigenvalue weighted by molar-refractivity contribution is 7.80. The summed E-state index contributed by atoms with van der Waals surface area (Å²) in [6, 6.07) is 14.7. The molecule has 0 N–H and O–H groups in total. The lowest BCUT2D eigenvalue weighted by Gasteiger charge is -2.24. The fraction of sp³-hybridized carbons (Fsp3) is 0.286. The van der Waals surface area contributed by atoms with Gasteiger partial charge in [-0.1, -0.05) is 11.8 Å². The standard InChI is InChI=1S/C21H22O3S/c1-4-23-20(22)18-11-7-16(8-12-18)5-6-17-9-13-19(14-10-17)24-21(2,3)15-25/h7-14,25H,4,15H2,1-3H3. The van der Waals surface area contributed by atoms with Gasteiger partial charge in [-0.05, 0) is 69.3 Å². The van der Waals surface area contributed by atoms with Crippen LogP contribution in [0, 0.1) is 11.8 Å². The number of ether oxygens (including phenoxy) is 2. The zero-order valence-electron chi connectivity index (χ0n) is 14.7. The maximum absolute atomic E-state index is 11.6. The van der Waals surface area contributed by atoms with Crippen LogP contribution in [-0.2, 0) is 4.74 Å². The first-order chi connectivity index (χ1) is 11.9. The summed E-state index contributed by atoms with van der Waals surface area (Å²) in [5.74, 6) is 7.30. The van der Waals surface area contributed by atoms with Gasteiger partial charge >= 0.3 is 5.97 Å². The van der Waals surface area contributed by atoms with Crippen molar-refractivity contribution < 1.29 is 14.3 Å². The highest BCUT2D eigenvalue weighted by Gasteiger charge is 2.16. The first kappa shape index (κ1) is 19.0. The van der Waals surface area contributed by atoms with E-state index in [9.17, 15) is 4.79 Å². The lowest BCUT2D eigenvalue weighted by atomic mass is 10.1. The third kappa shape index (κ3) is 5.88. The number of hydrogen-bond donors (Lipinski definition) is 1. The maximum atomic E-state index is 11.6. The van der Waals surface area contributed by atoms with Crippen molar-refractivity contribution in [3.63, 3.8) is 0 Å². The summed E-state index contributed by atoms with van der Waals surface area (Å²) < 4.78 is 10.8. The Labute approximate surface area is 154 Å². The van der Waals surface area contributed by atoms with E-state index < -0.39 is 0 Å². The van der Waals surface area contributed by atoms with E-state index in [-0.39, 0.29) is 11.6 Å². The molecule has 0 aliphatic rings. The van der Waals surface area contributed by atoms with Gasteiger partial charge in [0.15, 0.2) is 0 Å². The summed E-state index contributed by atoms with van der Waals surface area (Å²) in [6.07, 6.45) is 0. The van der Waals surface area contributed by atoms with Gasteiger partial charge in [0.25, 0.3) is 0 Å². The lowest BCUT2D eigenvalue weighted by Crippen LogP contribution is -2.30. The molecule has 0 heterocycles. The van der Waals surface area contributed by atoms with Crippen LogP contribution >= 0.6 is 12.6 Å². The predicted molar refractivity (Wildman–Crippen MR) is 103 cm³/mol. The second kappa shape index (κ2) is 8.64. The van der Waals surface area contributed by atoms with E-state index >= 15 is 0 Å². The van der Waals surface area contributed by atoms with Gasteiger partial charge in [-0.2, -0.15) is 12.6 Å². The van der Waals surface area contributed by atoms with Crippen LogP contribution in [0.5, 0.6) is 5.75 Å². The van der Waals surface area contributed by atoms with Crippen LogP contribution < -0.4 is 4.74 Å². The SMILES string of the molecule is CCOC(=O)c1ccc(C#Cc2ccc(OC(C)(C)CS)cc2)cc1. The number of esters is 1. The largest absolute Gasteiger partial charge is 0.487 e. The Balaban J connectivity index is 2.04. The minimum atomic E-state index is -0.318. The molecule has 0 amide bonds. The van der Waals surface area contributed by atoms with E-state index in [0.29, 0.717) is 17.9 Å². The quantitative estimate of drug-likeness (QED) is 0.493. The summed E-state index contributed by atoms with van der Waals surface area (Å²) in [5.41, 5.74) is 1.95. The summed E-state index contributed by atoms with van der Waals surface area (Å²) in [5, 5.41) is 0. The van der Waals surface area contributed by atoms with E-state index in [1.807, 2.05) is 50.2 Å². The highest BCUT2D eigenvalue weighted by atomic mass is 32.1. The normalized spacial score (nSPS) is 10.6. The molecule has 2 aromatic carbocycles. The van der Waals surface area contributed by atoms with Gasteiger partial charge in [0, 0.05) is 16.9 Å². The van der Waals surface area contributed by atoms with Gasteiger partial charge in [-0.3, -0.25) is 0 Å². The molecule has 3 nitrogen and oxygen atoms in total. The van der Waals surface area contributed by atoms with Gasteiger partial charge < -0.3 is 9.47 Å². The van der Waals surface area contributed by atoms with E-state index in [1.54, 1.807) is 19.1 Å². The van der Waals surface area contributed by atoms with Crippen molar-refractivity contribution in [2.24, 2.45) is 0 Å². The molecule has 0 bridgehead atoms. The molecule has 25 heavy (non-hydrogen) atoms. The first-order valence-corrected chi connectivity index (χ1v) is 8.76. The van der Waals surface area contributed by atoms with Crippen molar-refractivity contribution in [2.45, 2.75) is 26.4 Å². The van der Waals surface area contributed by atoms with Crippen LogP contribution in [0.2, 0.25) is 0 Å². The smallest absolute Gasteiger partial charge is 0.338 e. The topological polar surface area (TPSA) is 35.5 Å². The third-order valence-electron chi connectivity index (χ3n) is 3.38. The fourth-order valence-corrected chi connectivity index (χ4v) is 2.07. The molecule has 0 unspecified atom stereocenters. The number of hydrogen-bond acceptors (Lipinski definition) is 4. The van der Waals surface area contributed by atoms with Crippen LogP contribution in [0.3, 0.4) is 0 Å². The molecular weight excluding hydrogens is 332 g/mol. The second-order valence-electron chi connectivity index (χ2n) is 6.09. The number of carbonyl (C=O) groups is 1. The fourth-order valence-electron chi connectivity index (χ4n) is 2.01. The summed E-state index contributed by atoms with van der Waals surface area (Å²) in [4.78, 5) is 11.6. The maximum Gasteiger partial charge on any atom is 0.338 e. The molecule has 0 saturated heterocycles. The highest BCUT2D eigenvalue weighted by Crippen LogP contribution is 2.19. The Morgan fingerprint density at radius 1 is 1.00 bits per heavy atom. The molecule has 0 saturated carbocycles. The zero-order chi connectivity index (χ0) is 18.3. The van der Waals surface area contributed by atoms with E-state index in [4.69, 9.17) is 9.47 Å². The molecule has 0 aromatic heterocycles. The molecule has 4 heteroatoms. The number of rotatable bonds is 5. The van der Waals surface area contributed by atoms with Gasteiger partial charge in [0.2, 0.25) is 0 Å². The summed E-state index contributed by atoms with van der Waals surface area (Å²) in [6.45, 7) is 6.14. The molecule has 0 radical (unpaired) electrons. The number of carbonyl (C=O) groups excluding carboxylic acids is 1. The molecule has 2 aromatic rings. The minimum absolute atomic E-state index is 0.309. The Morgan fingerprint density at radius 2 is 1.52 bits per heavy atom. The van der Waals surface area contributed by atoms with Crippen molar-refractivity contribution in [1.29, 1.82) is 0 Å². The van der Waals surface area contributed by atoms with Gasteiger partial charge in [-0.25, -0.2) is 4.79 Å². The first-order valence-electron chi connectivity index (χ1n) is 8.12. The van der Waals surface area contributed by atoms with Crippen molar-refractivity contribution in [1.82, 2.24) is 0 Å². The van der Waals surface area contributed by atoms with Crippen molar-refractivity contribution in [3.05, 3.63) is 65.2 Å². The van der Waals surface area contributed by atoms with Crippen molar-refractivity contribution in [2.75, 3.05) is 12.4 Å². The van der Waals surface area contributed by atoms with Crippen LogP contribution in [0.25, 0.3) is 0 Å². The van der Waals surface area contributed by atoms with Crippen molar-refractivity contribution >= 4 is 18.6 Å². The number of thiol groups is 1. The molecule has 2 rings (SSSR count). The molecule has 0 spiro atoms. The Kier molecular flexibility index (Phi) is 6.55. The monoisotopic (exact) mass is 354 g/mol. The third-order valence-corrected chi connectivity index (χ3v) is 4.14. The molecule has 130 valence electrons. The van der Waals surface area contributed by atoms with E-state index in [2.05, 4.69) is 24.5 Å². The van der Waals surface area contributed by atoms with E-state index in [0.717, 1.165) is 16.9 Å². The molecule has 0 aliphatic carbocycles. The minimum Gasteiger partial charge on any atom is -0.487 e. The summed E-state index contributed by atoms with van der Waals surface area (Å²) in [7, 11) is 0. The number of benzene rings is 2. The lowest BCUT2D eigenvalue weighted by molar-refractivity contribution is 0.0526. The predicted octanol–water partition coefficient (Wildman–Crippen LogP) is 4.35. The van der Waals surface area contributed by atoms with Gasteiger partial charge in [0.1, 0.15) is 11.4 Å². The average molecular weight is 354 g/mol. The van der Waals surface area contributed by atoms with Gasteiger partial charge in [-0.15, -0.1) is 0 Å². The Morgan fingerprint density at radius 3 is 2.00 bits per heavy atom. The molecule has 0 fully saturated rings. The average Bonchev–Trinajstić information content (AvgIpc) is 2.61. The van der Waals surface area contributed by atoms with Crippen LogP contribution in [-0.4, -0.2) is 23.9 Å². The Bertz CT molecular complexity index is 766. The Hall–Kier alpha value is -2.38. The summed E-state index contributed by atoms with van der Waals surface area (Å²) >= 11 is 4.28. The van der Waals surface area contributed by atoms with Crippen LogP contribution in [0.15, 0.2) is 48.5 Å². The second-order valence-corrected chi connectivity index (χ2v) is 6.41. The molecular formula is C21H22O3S. The van der Waals surface area contributed by atoms with E-state index in [1.165, 1.54) is 0 Å². The molecule has 0 atom stereocenters. The zero-order valence-corrected chi connectivity index (χ0v) is 15.6. The van der Waals surface area contributed by atoms with Crippen LogP contribution in [0.1, 0.15) is 42.3 Å².